The molecular formula is C16H17NO6. The van der Waals surface area contributed by atoms with Crippen molar-refractivity contribution in [3.8, 4) is 5.75 Å². The van der Waals surface area contributed by atoms with E-state index in [2.05, 4.69) is 5.32 Å². The average Bonchev–Trinajstić information content (AvgIpc) is 3.01. The van der Waals surface area contributed by atoms with Gasteiger partial charge in [-0.05, 0) is 36.8 Å². The molecule has 0 aliphatic heterocycles. The summed E-state index contributed by atoms with van der Waals surface area (Å²) >= 11 is 0. The number of aliphatic hydroxyl groups is 1. The molecule has 0 radical (unpaired) electrons. The predicted molar refractivity (Wildman–Crippen MR) is 80.7 cm³/mol. The van der Waals surface area contributed by atoms with Crippen LogP contribution in [0, 0.1) is 6.92 Å². The number of aliphatic hydroxyl groups excluding tert-OH is 1. The van der Waals surface area contributed by atoms with E-state index < -0.39 is 18.0 Å². The van der Waals surface area contributed by atoms with Crippen LogP contribution < -0.4 is 10.1 Å². The Morgan fingerprint density at radius 1 is 1.26 bits per heavy atom. The minimum Gasteiger partial charge on any atom is -0.491 e. The van der Waals surface area contributed by atoms with Crippen LogP contribution in [0.1, 0.15) is 26.7 Å². The largest absolute Gasteiger partial charge is 0.491 e. The highest BCUT2D eigenvalue weighted by Crippen LogP contribution is 2.12. The van der Waals surface area contributed by atoms with Gasteiger partial charge in [-0.3, -0.25) is 4.79 Å². The van der Waals surface area contributed by atoms with Crippen LogP contribution in [0.4, 0.5) is 0 Å². The number of benzene rings is 1. The fourth-order valence-corrected chi connectivity index (χ4v) is 1.83. The quantitative estimate of drug-likeness (QED) is 0.713. The maximum atomic E-state index is 11.8. The van der Waals surface area contributed by atoms with Crippen LogP contribution in [0.25, 0.3) is 0 Å². The Hall–Kier alpha value is -2.80. The summed E-state index contributed by atoms with van der Waals surface area (Å²) in [6.45, 7) is 1.90. The number of carboxylic acids is 1. The first kappa shape index (κ1) is 16.6. The van der Waals surface area contributed by atoms with Crippen molar-refractivity contribution < 1.29 is 29.0 Å². The third-order valence-corrected chi connectivity index (χ3v) is 2.97. The number of aromatic carboxylic acids is 1. The lowest BCUT2D eigenvalue weighted by Crippen LogP contribution is -2.35. The first-order chi connectivity index (χ1) is 11.0. The molecule has 1 aromatic heterocycles. The summed E-state index contributed by atoms with van der Waals surface area (Å²) in [5.74, 6) is -1.68. The zero-order chi connectivity index (χ0) is 16.8. The number of hydrogen-bond acceptors (Lipinski definition) is 5. The normalized spacial score (nSPS) is 11.7. The molecule has 0 bridgehead atoms. The second kappa shape index (κ2) is 7.46. The van der Waals surface area contributed by atoms with Gasteiger partial charge in [0.05, 0.1) is 0 Å². The van der Waals surface area contributed by atoms with Crippen LogP contribution in [0.3, 0.4) is 0 Å². The molecule has 2 aromatic rings. The third kappa shape index (κ3) is 4.86. The lowest BCUT2D eigenvalue weighted by atomic mass is 10.2. The molecule has 7 heteroatoms. The molecule has 0 spiro atoms. The molecule has 1 atom stereocenters. The molecule has 23 heavy (non-hydrogen) atoms. The van der Waals surface area contributed by atoms with Gasteiger partial charge in [0.15, 0.2) is 5.76 Å². The molecule has 0 aliphatic rings. The zero-order valence-electron chi connectivity index (χ0n) is 12.5. The van der Waals surface area contributed by atoms with E-state index in [0.717, 1.165) is 5.56 Å². The molecule has 1 amide bonds. The zero-order valence-corrected chi connectivity index (χ0v) is 12.5. The summed E-state index contributed by atoms with van der Waals surface area (Å²) in [6, 6.07) is 9.83. The lowest BCUT2D eigenvalue weighted by Gasteiger charge is -2.13. The first-order valence-electron chi connectivity index (χ1n) is 6.94. The fraction of sp³-hybridized carbons (Fsp3) is 0.250. The van der Waals surface area contributed by atoms with E-state index in [4.69, 9.17) is 14.3 Å². The Morgan fingerprint density at radius 2 is 2.00 bits per heavy atom. The number of carboxylic acid groups (broad SMARTS) is 1. The molecule has 0 saturated carbocycles. The maximum absolute atomic E-state index is 11.8. The number of hydrogen-bond donors (Lipinski definition) is 3. The van der Waals surface area contributed by atoms with E-state index in [9.17, 15) is 14.7 Å². The van der Waals surface area contributed by atoms with Gasteiger partial charge in [-0.15, -0.1) is 0 Å². The molecule has 1 aromatic carbocycles. The first-order valence-corrected chi connectivity index (χ1v) is 6.94. The van der Waals surface area contributed by atoms with Crippen LogP contribution in [0.15, 0.2) is 40.8 Å². The van der Waals surface area contributed by atoms with Crippen LogP contribution >= 0.6 is 0 Å². The highest BCUT2D eigenvalue weighted by molar-refractivity contribution is 5.93. The van der Waals surface area contributed by atoms with E-state index >= 15 is 0 Å². The minimum absolute atomic E-state index is 0.0161. The van der Waals surface area contributed by atoms with Gasteiger partial charge in [-0.1, -0.05) is 12.1 Å². The predicted octanol–water partition coefficient (Wildman–Crippen LogP) is 1.46. The molecule has 1 heterocycles. The highest BCUT2D eigenvalue weighted by Gasteiger charge is 2.16. The molecular weight excluding hydrogens is 302 g/mol. The molecule has 1 unspecified atom stereocenters. The average molecular weight is 319 g/mol. The highest BCUT2D eigenvalue weighted by atomic mass is 16.5. The van der Waals surface area contributed by atoms with Crippen LogP contribution in [-0.2, 0) is 0 Å². The van der Waals surface area contributed by atoms with E-state index in [-0.39, 0.29) is 24.7 Å². The van der Waals surface area contributed by atoms with Gasteiger partial charge in [-0.2, -0.15) is 0 Å². The van der Waals surface area contributed by atoms with Gasteiger partial charge in [0.2, 0.25) is 5.76 Å². The standard InChI is InChI=1S/C16H17NO6/c1-10-3-2-4-12(7-10)22-9-11(18)8-17-15(19)13-5-6-14(23-13)16(20)21/h2-7,11,18H,8-9H2,1H3,(H,17,19)(H,20,21). The molecule has 0 fully saturated rings. The Kier molecular flexibility index (Phi) is 5.37. The van der Waals surface area contributed by atoms with Crippen molar-refractivity contribution in [3.63, 3.8) is 0 Å². The third-order valence-electron chi connectivity index (χ3n) is 2.97. The fourth-order valence-electron chi connectivity index (χ4n) is 1.83. The lowest BCUT2D eigenvalue weighted by molar-refractivity contribution is 0.0658. The number of amides is 1. The number of carbonyl (C=O) groups excluding carboxylic acids is 1. The van der Waals surface area contributed by atoms with E-state index in [1.807, 2.05) is 25.1 Å². The van der Waals surface area contributed by atoms with Crippen molar-refractivity contribution in [2.45, 2.75) is 13.0 Å². The molecule has 122 valence electrons. The summed E-state index contributed by atoms with van der Waals surface area (Å²) in [5.41, 5.74) is 1.04. The topological polar surface area (TPSA) is 109 Å². The maximum Gasteiger partial charge on any atom is 0.371 e. The number of aryl methyl sites for hydroxylation is 1. The molecule has 2 rings (SSSR count). The Balaban J connectivity index is 1.78. The monoisotopic (exact) mass is 319 g/mol. The van der Waals surface area contributed by atoms with Crippen LogP contribution in [0.2, 0.25) is 0 Å². The van der Waals surface area contributed by atoms with Gasteiger partial charge in [0.1, 0.15) is 18.5 Å². The Labute approximate surface area is 132 Å². The number of ether oxygens (including phenoxy) is 1. The summed E-state index contributed by atoms with van der Waals surface area (Å²) in [7, 11) is 0. The van der Waals surface area contributed by atoms with Crippen molar-refractivity contribution in [3.05, 3.63) is 53.5 Å². The molecule has 0 saturated heterocycles. The summed E-state index contributed by atoms with van der Waals surface area (Å²) in [6.07, 6.45) is -0.909. The van der Waals surface area contributed by atoms with Crippen molar-refractivity contribution in [2.24, 2.45) is 0 Å². The van der Waals surface area contributed by atoms with Crippen molar-refractivity contribution in [1.82, 2.24) is 5.32 Å². The molecule has 7 nitrogen and oxygen atoms in total. The van der Waals surface area contributed by atoms with Crippen molar-refractivity contribution in [2.75, 3.05) is 13.2 Å². The van der Waals surface area contributed by atoms with Crippen LogP contribution in [-0.4, -0.2) is 41.3 Å². The van der Waals surface area contributed by atoms with Gasteiger partial charge in [-0.25, -0.2) is 4.79 Å². The smallest absolute Gasteiger partial charge is 0.371 e. The number of rotatable bonds is 7. The van der Waals surface area contributed by atoms with Crippen molar-refractivity contribution >= 4 is 11.9 Å². The minimum atomic E-state index is -1.25. The van der Waals surface area contributed by atoms with E-state index in [0.29, 0.717) is 5.75 Å². The Bertz CT molecular complexity index is 693. The van der Waals surface area contributed by atoms with Gasteiger partial charge in [0, 0.05) is 6.54 Å². The number of furan rings is 1. The number of nitrogens with one attached hydrogen (secondary N) is 1. The van der Waals surface area contributed by atoms with Crippen LogP contribution in [0.5, 0.6) is 5.75 Å². The van der Waals surface area contributed by atoms with Gasteiger partial charge < -0.3 is 24.7 Å². The number of carbonyl (C=O) groups is 2. The summed E-state index contributed by atoms with van der Waals surface area (Å²) in [4.78, 5) is 22.4. The second-order valence-corrected chi connectivity index (χ2v) is 4.96. The molecule has 0 aliphatic carbocycles. The van der Waals surface area contributed by atoms with Crippen molar-refractivity contribution in [1.29, 1.82) is 0 Å². The SMILES string of the molecule is Cc1cccc(OCC(O)CNC(=O)c2ccc(C(=O)O)o2)c1. The van der Waals surface area contributed by atoms with Gasteiger partial charge >= 0.3 is 5.97 Å². The Morgan fingerprint density at radius 3 is 2.65 bits per heavy atom. The summed E-state index contributed by atoms with van der Waals surface area (Å²) in [5, 5.41) is 21.0. The second-order valence-electron chi connectivity index (χ2n) is 4.96. The van der Waals surface area contributed by atoms with Gasteiger partial charge in [0.25, 0.3) is 5.91 Å². The molecule has 3 N–H and O–H groups in total. The van der Waals surface area contributed by atoms with E-state index in [1.54, 1.807) is 6.07 Å². The summed E-state index contributed by atoms with van der Waals surface area (Å²) < 4.78 is 10.3. The van der Waals surface area contributed by atoms with E-state index in [1.165, 1.54) is 12.1 Å².